The van der Waals surface area contributed by atoms with E-state index in [0.29, 0.717) is 22.4 Å². The molecule has 0 unspecified atom stereocenters. The van der Waals surface area contributed by atoms with Crippen LogP contribution in [0.3, 0.4) is 0 Å². The van der Waals surface area contributed by atoms with E-state index in [1.54, 1.807) is 23.7 Å². The second-order valence-electron chi connectivity index (χ2n) is 3.20. The molecule has 0 aliphatic carbocycles. The third-order valence-electron chi connectivity index (χ3n) is 2.01. The molecule has 0 spiro atoms. The highest BCUT2D eigenvalue weighted by Crippen LogP contribution is 2.12. The first-order valence-electron chi connectivity index (χ1n) is 4.72. The van der Waals surface area contributed by atoms with Gasteiger partial charge in [-0.15, -0.1) is 0 Å². The van der Waals surface area contributed by atoms with E-state index in [-0.39, 0.29) is 10.8 Å². The Balaban J connectivity index is 2.03. The maximum Gasteiger partial charge on any atom is 0.304 e. The number of nitrogens with zero attached hydrogens (tertiary/aromatic N) is 1. The largest absolute Gasteiger partial charge is 0.346 e. The molecule has 0 aliphatic rings. The summed E-state index contributed by atoms with van der Waals surface area (Å²) in [5.74, 6) is -0.239. The molecule has 5 nitrogen and oxygen atoms in total. The third-order valence-corrected chi connectivity index (χ3v) is 3.36. The van der Waals surface area contributed by atoms with Gasteiger partial charge in [0.1, 0.15) is 4.60 Å². The van der Waals surface area contributed by atoms with Crippen molar-refractivity contribution in [2.75, 3.05) is 0 Å². The van der Waals surface area contributed by atoms with Crippen molar-refractivity contribution in [1.29, 1.82) is 0 Å². The predicted octanol–water partition coefficient (Wildman–Crippen LogP) is 1.52. The number of amides is 1. The van der Waals surface area contributed by atoms with Gasteiger partial charge in [0.2, 0.25) is 0 Å². The number of pyridine rings is 1. The van der Waals surface area contributed by atoms with E-state index in [1.807, 2.05) is 0 Å². The molecule has 0 saturated carbocycles. The van der Waals surface area contributed by atoms with Gasteiger partial charge in [0.15, 0.2) is 0 Å². The minimum Gasteiger partial charge on any atom is -0.346 e. The highest BCUT2D eigenvalue weighted by Gasteiger charge is 2.09. The van der Waals surface area contributed by atoms with Gasteiger partial charge in [-0.05, 0) is 28.1 Å². The van der Waals surface area contributed by atoms with Gasteiger partial charge in [-0.25, -0.2) is 4.98 Å². The number of nitrogens with one attached hydrogen (secondary N) is 2. The van der Waals surface area contributed by atoms with Crippen molar-refractivity contribution in [1.82, 2.24) is 15.3 Å². The molecule has 2 N–H and O–H groups in total. The standard InChI is InChI=1S/C10H8BrN3O2S/c11-8-7(2-1-3-12-8)9(15)13-4-6-5-17-10(16)14-6/h1-3,5H,4H2,(H,13,15)(H,14,16). The molecule has 2 aromatic rings. The van der Waals surface area contributed by atoms with Crippen LogP contribution in [0.15, 0.2) is 33.1 Å². The number of rotatable bonds is 3. The van der Waals surface area contributed by atoms with Crippen LogP contribution in [-0.2, 0) is 6.54 Å². The minimum atomic E-state index is -0.239. The van der Waals surface area contributed by atoms with Crippen LogP contribution in [0.2, 0.25) is 0 Å². The van der Waals surface area contributed by atoms with Crippen LogP contribution in [0.25, 0.3) is 0 Å². The lowest BCUT2D eigenvalue weighted by Crippen LogP contribution is -2.23. The van der Waals surface area contributed by atoms with Gasteiger partial charge in [0.05, 0.1) is 12.1 Å². The molecular formula is C10H8BrN3O2S. The van der Waals surface area contributed by atoms with Crippen molar-refractivity contribution in [3.05, 3.63) is 49.2 Å². The molecule has 88 valence electrons. The molecule has 0 fully saturated rings. The molecule has 0 saturated heterocycles. The topological polar surface area (TPSA) is 74.8 Å². The van der Waals surface area contributed by atoms with Crippen molar-refractivity contribution in [3.63, 3.8) is 0 Å². The zero-order valence-corrected chi connectivity index (χ0v) is 11.0. The lowest BCUT2D eigenvalue weighted by molar-refractivity contribution is 0.0949. The van der Waals surface area contributed by atoms with Crippen molar-refractivity contribution >= 4 is 33.2 Å². The minimum absolute atomic E-state index is 0.128. The van der Waals surface area contributed by atoms with Crippen molar-refractivity contribution < 1.29 is 4.79 Å². The van der Waals surface area contributed by atoms with Crippen LogP contribution in [0, 0.1) is 0 Å². The molecule has 0 atom stereocenters. The third kappa shape index (κ3) is 3.01. The summed E-state index contributed by atoms with van der Waals surface area (Å²) in [4.78, 5) is 29.1. The first-order chi connectivity index (χ1) is 8.16. The Morgan fingerprint density at radius 2 is 2.41 bits per heavy atom. The van der Waals surface area contributed by atoms with Gasteiger partial charge in [-0.1, -0.05) is 11.3 Å². The van der Waals surface area contributed by atoms with Crippen LogP contribution in [-0.4, -0.2) is 15.9 Å². The summed E-state index contributed by atoms with van der Waals surface area (Å²) in [6.45, 7) is 0.291. The van der Waals surface area contributed by atoms with Crippen LogP contribution in [0.5, 0.6) is 0 Å². The Morgan fingerprint density at radius 1 is 1.59 bits per heavy atom. The van der Waals surface area contributed by atoms with Crippen molar-refractivity contribution in [3.8, 4) is 0 Å². The fourth-order valence-corrected chi connectivity index (χ4v) is 2.24. The quantitative estimate of drug-likeness (QED) is 0.844. The maximum atomic E-state index is 11.8. The Labute approximate surface area is 109 Å². The molecule has 2 heterocycles. The Hall–Kier alpha value is -1.47. The van der Waals surface area contributed by atoms with Crippen molar-refractivity contribution in [2.45, 2.75) is 6.54 Å². The highest BCUT2D eigenvalue weighted by atomic mass is 79.9. The van der Waals surface area contributed by atoms with Gasteiger partial charge >= 0.3 is 4.87 Å². The summed E-state index contributed by atoms with van der Waals surface area (Å²) in [7, 11) is 0. The van der Waals surface area contributed by atoms with Crippen LogP contribution >= 0.6 is 27.3 Å². The van der Waals surface area contributed by atoms with E-state index in [2.05, 4.69) is 31.2 Å². The SMILES string of the molecule is O=C(NCc1csc(=O)[nH]1)c1cccnc1Br. The average Bonchev–Trinajstić information content (AvgIpc) is 2.73. The van der Waals surface area contributed by atoms with Crippen LogP contribution in [0.1, 0.15) is 16.1 Å². The summed E-state index contributed by atoms with van der Waals surface area (Å²) in [6.07, 6.45) is 1.59. The number of carbonyl (C=O) groups excluding carboxylic acids is 1. The molecule has 1 amide bonds. The van der Waals surface area contributed by atoms with Gasteiger partial charge in [-0.3, -0.25) is 9.59 Å². The normalized spacial score (nSPS) is 10.2. The van der Waals surface area contributed by atoms with Gasteiger partial charge < -0.3 is 10.3 Å². The second-order valence-corrected chi connectivity index (χ2v) is 4.79. The molecule has 2 rings (SSSR count). The van der Waals surface area contributed by atoms with E-state index < -0.39 is 0 Å². The Morgan fingerprint density at radius 3 is 3.06 bits per heavy atom. The number of aromatic amines is 1. The lowest BCUT2D eigenvalue weighted by Gasteiger charge is -2.04. The number of halogens is 1. The molecule has 7 heteroatoms. The highest BCUT2D eigenvalue weighted by molar-refractivity contribution is 9.10. The summed E-state index contributed by atoms with van der Waals surface area (Å²) in [6, 6.07) is 3.36. The first-order valence-corrected chi connectivity index (χ1v) is 6.39. The number of H-pyrrole nitrogens is 1. The Kier molecular flexibility index (Phi) is 3.70. The van der Waals surface area contributed by atoms with Crippen LogP contribution in [0.4, 0.5) is 0 Å². The average molecular weight is 314 g/mol. The molecule has 2 aromatic heterocycles. The number of aromatic nitrogens is 2. The van der Waals surface area contributed by atoms with E-state index in [1.165, 1.54) is 0 Å². The molecule has 0 bridgehead atoms. The number of thiazole rings is 1. The number of hydrogen-bond acceptors (Lipinski definition) is 4. The van der Waals surface area contributed by atoms with E-state index in [0.717, 1.165) is 11.3 Å². The van der Waals surface area contributed by atoms with Gasteiger partial charge in [-0.2, -0.15) is 0 Å². The second kappa shape index (κ2) is 5.24. The van der Waals surface area contributed by atoms with Gasteiger partial charge in [0.25, 0.3) is 5.91 Å². The summed E-state index contributed by atoms with van der Waals surface area (Å²) >= 11 is 4.27. The van der Waals surface area contributed by atoms with E-state index >= 15 is 0 Å². The molecule has 0 radical (unpaired) electrons. The first kappa shape index (κ1) is 12.0. The fraction of sp³-hybridized carbons (Fsp3) is 0.100. The molecule has 0 aliphatic heterocycles. The predicted molar refractivity (Wildman–Crippen MR) is 68.0 cm³/mol. The van der Waals surface area contributed by atoms with Gasteiger partial charge in [0, 0.05) is 17.3 Å². The smallest absolute Gasteiger partial charge is 0.304 e. The monoisotopic (exact) mass is 313 g/mol. The fourth-order valence-electron chi connectivity index (χ4n) is 1.23. The summed E-state index contributed by atoms with van der Waals surface area (Å²) < 4.78 is 0.497. The number of carbonyl (C=O) groups is 1. The van der Waals surface area contributed by atoms with E-state index in [9.17, 15) is 9.59 Å². The molecule has 17 heavy (non-hydrogen) atoms. The number of hydrogen-bond donors (Lipinski definition) is 2. The lowest BCUT2D eigenvalue weighted by atomic mass is 10.2. The maximum absolute atomic E-state index is 11.8. The Bertz CT molecular complexity index is 593. The summed E-state index contributed by atoms with van der Waals surface area (Å²) in [5.41, 5.74) is 1.15. The molecular weight excluding hydrogens is 306 g/mol. The van der Waals surface area contributed by atoms with Crippen LogP contribution < -0.4 is 10.2 Å². The van der Waals surface area contributed by atoms with E-state index in [4.69, 9.17) is 0 Å². The zero-order chi connectivity index (χ0) is 12.3. The summed E-state index contributed by atoms with van der Waals surface area (Å²) in [5, 5.41) is 4.38. The van der Waals surface area contributed by atoms with Crippen molar-refractivity contribution in [2.24, 2.45) is 0 Å². The zero-order valence-electron chi connectivity index (χ0n) is 8.57. The molecule has 0 aromatic carbocycles.